The summed E-state index contributed by atoms with van der Waals surface area (Å²) in [5.74, 6) is 0.578. The average molecular weight is 218 g/mol. The molecule has 0 heterocycles. The van der Waals surface area contributed by atoms with Crippen LogP contribution in [0.15, 0.2) is 24.3 Å². The minimum Gasteiger partial charge on any atom is -0.0620 e. The standard InChI is InChI=1S/C16H26/c1-12-10-8-9-11-14(12)13(2)16(6,7)15(3,4)5/h8-11,13H,1-7H3. The highest BCUT2D eigenvalue weighted by Crippen LogP contribution is 2.48. The Morgan fingerprint density at radius 1 is 0.938 bits per heavy atom. The van der Waals surface area contributed by atoms with E-state index in [0.29, 0.717) is 16.7 Å². The number of hydrogen-bond donors (Lipinski definition) is 0. The van der Waals surface area contributed by atoms with Gasteiger partial charge in [0.1, 0.15) is 0 Å². The molecule has 0 radical (unpaired) electrons. The van der Waals surface area contributed by atoms with Gasteiger partial charge in [-0.2, -0.15) is 0 Å². The molecule has 1 rings (SSSR count). The smallest absolute Gasteiger partial charge is 0.0131 e. The van der Waals surface area contributed by atoms with Crippen molar-refractivity contribution in [2.24, 2.45) is 10.8 Å². The molecular weight excluding hydrogens is 192 g/mol. The highest BCUT2D eigenvalue weighted by atomic mass is 14.4. The van der Waals surface area contributed by atoms with Gasteiger partial charge in [-0.25, -0.2) is 0 Å². The fraction of sp³-hybridized carbons (Fsp3) is 0.625. The van der Waals surface area contributed by atoms with Gasteiger partial charge in [0.05, 0.1) is 0 Å². The Balaban J connectivity index is 3.12. The Morgan fingerprint density at radius 2 is 1.44 bits per heavy atom. The van der Waals surface area contributed by atoms with Crippen molar-refractivity contribution in [2.45, 2.75) is 54.4 Å². The van der Waals surface area contributed by atoms with Gasteiger partial charge in [0.2, 0.25) is 0 Å². The maximum atomic E-state index is 2.38. The van der Waals surface area contributed by atoms with E-state index in [4.69, 9.17) is 0 Å². The zero-order valence-corrected chi connectivity index (χ0v) is 11.9. The molecule has 1 aromatic rings. The number of rotatable bonds is 2. The van der Waals surface area contributed by atoms with Crippen LogP contribution in [0, 0.1) is 17.8 Å². The normalized spacial score (nSPS) is 14.9. The summed E-state index contributed by atoms with van der Waals surface area (Å²) in [7, 11) is 0. The van der Waals surface area contributed by atoms with Gasteiger partial charge in [0, 0.05) is 0 Å². The van der Waals surface area contributed by atoms with Crippen LogP contribution < -0.4 is 0 Å². The minimum atomic E-state index is 0.291. The summed E-state index contributed by atoms with van der Waals surface area (Å²) in [6.07, 6.45) is 0. The van der Waals surface area contributed by atoms with E-state index < -0.39 is 0 Å². The van der Waals surface area contributed by atoms with Crippen molar-refractivity contribution in [1.29, 1.82) is 0 Å². The van der Waals surface area contributed by atoms with Crippen LogP contribution in [0.1, 0.15) is 58.6 Å². The van der Waals surface area contributed by atoms with E-state index in [9.17, 15) is 0 Å². The first-order valence-corrected chi connectivity index (χ1v) is 6.23. The third kappa shape index (κ3) is 2.31. The van der Waals surface area contributed by atoms with Crippen molar-refractivity contribution < 1.29 is 0 Å². The minimum absolute atomic E-state index is 0.291. The molecule has 1 unspecified atom stereocenters. The van der Waals surface area contributed by atoms with Crippen LogP contribution in [0.3, 0.4) is 0 Å². The molecule has 0 amide bonds. The summed E-state index contributed by atoms with van der Waals surface area (Å²) in [6.45, 7) is 16.3. The van der Waals surface area contributed by atoms with E-state index in [1.165, 1.54) is 11.1 Å². The predicted octanol–water partition coefficient (Wildman–Crippen LogP) is 5.17. The molecule has 1 atom stereocenters. The molecule has 0 bridgehead atoms. The van der Waals surface area contributed by atoms with Crippen molar-refractivity contribution in [3.05, 3.63) is 35.4 Å². The summed E-state index contributed by atoms with van der Waals surface area (Å²) in [5.41, 5.74) is 3.50. The maximum absolute atomic E-state index is 2.38. The average Bonchev–Trinajstić information content (AvgIpc) is 2.15. The molecule has 0 saturated heterocycles. The highest BCUT2D eigenvalue weighted by molar-refractivity contribution is 5.30. The van der Waals surface area contributed by atoms with Crippen LogP contribution in [0.5, 0.6) is 0 Å². The predicted molar refractivity (Wildman–Crippen MR) is 72.8 cm³/mol. The van der Waals surface area contributed by atoms with Gasteiger partial charge in [-0.15, -0.1) is 0 Å². The van der Waals surface area contributed by atoms with Crippen LogP contribution >= 0.6 is 0 Å². The third-order valence-corrected chi connectivity index (χ3v) is 4.67. The van der Waals surface area contributed by atoms with E-state index in [1.807, 2.05) is 0 Å². The van der Waals surface area contributed by atoms with Crippen molar-refractivity contribution in [3.63, 3.8) is 0 Å². The van der Waals surface area contributed by atoms with E-state index in [-0.39, 0.29) is 0 Å². The molecule has 16 heavy (non-hydrogen) atoms. The molecule has 90 valence electrons. The Bertz CT molecular complexity index is 353. The molecule has 0 saturated carbocycles. The van der Waals surface area contributed by atoms with E-state index in [0.717, 1.165) is 0 Å². The lowest BCUT2D eigenvalue weighted by molar-refractivity contribution is 0.101. The van der Waals surface area contributed by atoms with Crippen LogP contribution in [-0.4, -0.2) is 0 Å². The Kier molecular flexibility index (Phi) is 3.52. The first-order chi connectivity index (χ1) is 7.18. The largest absolute Gasteiger partial charge is 0.0620 e. The van der Waals surface area contributed by atoms with Gasteiger partial charge >= 0.3 is 0 Å². The van der Waals surface area contributed by atoms with Crippen LogP contribution in [0.4, 0.5) is 0 Å². The number of aryl methyl sites for hydroxylation is 1. The molecule has 0 fully saturated rings. The quantitative estimate of drug-likeness (QED) is 0.642. The zero-order chi connectivity index (χ0) is 12.6. The van der Waals surface area contributed by atoms with Crippen molar-refractivity contribution in [1.82, 2.24) is 0 Å². The van der Waals surface area contributed by atoms with Gasteiger partial charge in [-0.1, -0.05) is 65.8 Å². The Hall–Kier alpha value is -0.780. The van der Waals surface area contributed by atoms with Crippen molar-refractivity contribution >= 4 is 0 Å². The number of hydrogen-bond acceptors (Lipinski definition) is 0. The summed E-state index contributed by atoms with van der Waals surface area (Å²) in [6, 6.07) is 8.76. The van der Waals surface area contributed by atoms with Gasteiger partial charge in [-0.05, 0) is 34.8 Å². The summed E-state index contributed by atoms with van der Waals surface area (Å²) in [4.78, 5) is 0. The SMILES string of the molecule is Cc1ccccc1C(C)C(C)(C)C(C)(C)C. The maximum Gasteiger partial charge on any atom is -0.0131 e. The van der Waals surface area contributed by atoms with Crippen LogP contribution in [0.25, 0.3) is 0 Å². The molecule has 0 aromatic heterocycles. The lowest BCUT2D eigenvalue weighted by Crippen LogP contribution is -2.34. The molecule has 0 aliphatic rings. The topological polar surface area (TPSA) is 0 Å². The lowest BCUT2D eigenvalue weighted by atomic mass is 9.60. The van der Waals surface area contributed by atoms with Crippen LogP contribution in [-0.2, 0) is 0 Å². The molecular formula is C16H26. The zero-order valence-electron chi connectivity index (χ0n) is 11.9. The Morgan fingerprint density at radius 3 is 1.88 bits per heavy atom. The second-order valence-electron chi connectivity index (χ2n) is 6.55. The van der Waals surface area contributed by atoms with Crippen LogP contribution in [0.2, 0.25) is 0 Å². The number of benzene rings is 1. The fourth-order valence-corrected chi connectivity index (χ4v) is 2.11. The summed E-state index contributed by atoms with van der Waals surface area (Å²) >= 11 is 0. The lowest BCUT2D eigenvalue weighted by Gasteiger charge is -2.44. The van der Waals surface area contributed by atoms with Gasteiger partial charge in [-0.3, -0.25) is 0 Å². The van der Waals surface area contributed by atoms with Crippen molar-refractivity contribution in [2.75, 3.05) is 0 Å². The van der Waals surface area contributed by atoms with Gasteiger partial charge in [0.15, 0.2) is 0 Å². The molecule has 0 aliphatic carbocycles. The van der Waals surface area contributed by atoms with E-state index in [2.05, 4.69) is 72.7 Å². The first-order valence-electron chi connectivity index (χ1n) is 6.23. The Labute approximate surface area is 101 Å². The highest BCUT2D eigenvalue weighted by Gasteiger charge is 2.38. The molecule has 0 spiro atoms. The second-order valence-corrected chi connectivity index (χ2v) is 6.55. The van der Waals surface area contributed by atoms with E-state index in [1.54, 1.807) is 0 Å². The molecule has 1 aromatic carbocycles. The molecule has 0 aliphatic heterocycles. The first kappa shape index (κ1) is 13.3. The molecule has 0 nitrogen and oxygen atoms in total. The fourth-order valence-electron chi connectivity index (χ4n) is 2.11. The van der Waals surface area contributed by atoms with Gasteiger partial charge < -0.3 is 0 Å². The summed E-state index contributed by atoms with van der Waals surface area (Å²) < 4.78 is 0. The van der Waals surface area contributed by atoms with Gasteiger partial charge in [0.25, 0.3) is 0 Å². The van der Waals surface area contributed by atoms with E-state index >= 15 is 0 Å². The monoisotopic (exact) mass is 218 g/mol. The third-order valence-electron chi connectivity index (χ3n) is 4.67. The summed E-state index contributed by atoms with van der Waals surface area (Å²) in [5, 5.41) is 0. The molecule has 0 N–H and O–H groups in total. The molecule has 0 heteroatoms. The van der Waals surface area contributed by atoms with Crippen molar-refractivity contribution in [3.8, 4) is 0 Å². The second kappa shape index (κ2) is 4.24.